The summed E-state index contributed by atoms with van der Waals surface area (Å²) >= 11 is 0. The summed E-state index contributed by atoms with van der Waals surface area (Å²) in [6.45, 7) is 7.95. The number of hydrogen-bond acceptors (Lipinski definition) is 6. The van der Waals surface area contributed by atoms with Crippen LogP contribution in [0.4, 0.5) is 5.82 Å². The molecular formula is C21H31N5O. The molecule has 27 heavy (non-hydrogen) atoms. The van der Waals surface area contributed by atoms with Gasteiger partial charge in [-0.05, 0) is 32.7 Å². The average Bonchev–Trinajstić information content (AvgIpc) is 3.55. The highest BCUT2D eigenvalue weighted by atomic mass is 16.5. The van der Waals surface area contributed by atoms with Gasteiger partial charge in [-0.25, -0.2) is 9.97 Å². The van der Waals surface area contributed by atoms with Gasteiger partial charge >= 0.3 is 0 Å². The van der Waals surface area contributed by atoms with Gasteiger partial charge in [0.15, 0.2) is 0 Å². The molecule has 0 amide bonds. The van der Waals surface area contributed by atoms with Crippen molar-refractivity contribution in [3.8, 4) is 11.8 Å². The fourth-order valence-corrected chi connectivity index (χ4v) is 3.77. The van der Waals surface area contributed by atoms with Gasteiger partial charge in [0.1, 0.15) is 18.8 Å². The lowest BCUT2D eigenvalue weighted by molar-refractivity contribution is 0.0593. The molecule has 0 spiro atoms. The minimum absolute atomic E-state index is 0.323. The van der Waals surface area contributed by atoms with Gasteiger partial charge in [0.25, 0.3) is 0 Å². The van der Waals surface area contributed by atoms with Crippen molar-refractivity contribution in [3.63, 3.8) is 0 Å². The number of piperidine rings is 1. The third-order valence-corrected chi connectivity index (χ3v) is 5.85. The number of piperazine rings is 1. The van der Waals surface area contributed by atoms with Crippen LogP contribution in [0.3, 0.4) is 0 Å². The Kier molecular flexibility index (Phi) is 6.23. The van der Waals surface area contributed by atoms with Crippen molar-refractivity contribution in [1.82, 2.24) is 19.8 Å². The molecule has 6 heteroatoms. The molecule has 146 valence electrons. The lowest BCUT2D eigenvalue weighted by Gasteiger charge is -2.32. The van der Waals surface area contributed by atoms with Crippen LogP contribution in [0.1, 0.15) is 37.3 Å². The van der Waals surface area contributed by atoms with Crippen LogP contribution in [0.15, 0.2) is 12.4 Å². The topological polar surface area (TPSA) is 44.7 Å². The lowest BCUT2D eigenvalue weighted by Crippen LogP contribution is -2.44. The SMILES string of the molecule is CN1CCN(CC#CCOC2CCN(c3cc(C4CC4)ncn3)CC2)CC1. The van der Waals surface area contributed by atoms with E-state index in [9.17, 15) is 0 Å². The fraction of sp³-hybridized carbons (Fsp3) is 0.714. The van der Waals surface area contributed by atoms with Gasteiger partial charge in [0.05, 0.1) is 12.6 Å². The molecule has 1 aromatic heterocycles. The minimum Gasteiger partial charge on any atom is -0.365 e. The predicted molar refractivity (Wildman–Crippen MR) is 107 cm³/mol. The van der Waals surface area contributed by atoms with Crippen molar-refractivity contribution in [3.05, 3.63) is 18.1 Å². The lowest BCUT2D eigenvalue weighted by atomic mass is 10.1. The summed E-state index contributed by atoms with van der Waals surface area (Å²) in [7, 11) is 2.18. The molecule has 1 saturated carbocycles. The van der Waals surface area contributed by atoms with Crippen molar-refractivity contribution in [2.45, 2.75) is 37.7 Å². The molecule has 4 rings (SSSR count). The summed E-state index contributed by atoms with van der Waals surface area (Å²) in [4.78, 5) is 16.1. The zero-order valence-electron chi connectivity index (χ0n) is 16.4. The van der Waals surface area contributed by atoms with Gasteiger partial charge in [-0.3, -0.25) is 4.90 Å². The first kappa shape index (κ1) is 18.7. The van der Waals surface area contributed by atoms with Crippen molar-refractivity contribution >= 4 is 5.82 Å². The van der Waals surface area contributed by atoms with Crippen molar-refractivity contribution < 1.29 is 4.74 Å². The van der Waals surface area contributed by atoms with E-state index in [4.69, 9.17) is 4.74 Å². The average molecular weight is 370 g/mol. The number of ether oxygens (including phenoxy) is 1. The summed E-state index contributed by atoms with van der Waals surface area (Å²) in [6.07, 6.45) is 6.70. The molecule has 0 bridgehead atoms. The minimum atomic E-state index is 0.323. The highest BCUT2D eigenvalue weighted by Gasteiger charge is 2.27. The quantitative estimate of drug-likeness (QED) is 0.735. The highest BCUT2D eigenvalue weighted by molar-refractivity contribution is 5.40. The number of anilines is 1. The van der Waals surface area contributed by atoms with Crippen molar-refractivity contribution in [2.24, 2.45) is 0 Å². The Morgan fingerprint density at radius 2 is 1.78 bits per heavy atom. The van der Waals surface area contributed by atoms with E-state index in [0.29, 0.717) is 18.6 Å². The maximum Gasteiger partial charge on any atom is 0.132 e. The molecule has 0 N–H and O–H groups in total. The molecule has 1 aliphatic carbocycles. The summed E-state index contributed by atoms with van der Waals surface area (Å²) in [5.74, 6) is 8.23. The maximum atomic E-state index is 5.99. The molecule has 0 unspecified atom stereocenters. The molecule has 3 fully saturated rings. The van der Waals surface area contributed by atoms with Gasteiger partial charge in [0.2, 0.25) is 0 Å². The molecule has 3 aliphatic rings. The molecule has 0 aromatic carbocycles. The Bertz CT molecular complexity index is 665. The fourth-order valence-electron chi connectivity index (χ4n) is 3.77. The zero-order valence-corrected chi connectivity index (χ0v) is 16.4. The third-order valence-electron chi connectivity index (χ3n) is 5.85. The molecule has 6 nitrogen and oxygen atoms in total. The van der Waals surface area contributed by atoms with Crippen LogP contribution in [0.5, 0.6) is 0 Å². The second kappa shape index (κ2) is 9.01. The zero-order chi connectivity index (χ0) is 18.5. The molecule has 1 aromatic rings. The van der Waals surface area contributed by atoms with Crippen LogP contribution in [0.25, 0.3) is 0 Å². The monoisotopic (exact) mass is 369 g/mol. The van der Waals surface area contributed by atoms with Crippen LogP contribution in [-0.4, -0.2) is 85.3 Å². The molecule has 2 saturated heterocycles. The Morgan fingerprint density at radius 3 is 2.52 bits per heavy atom. The second-order valence-electron chi connectivity index (χ2n) is 8.01. The molecule has 3 heterocycles. The van der Waals surface area contributed by atoms with Crippen LogP contribution < -0.4 is 4.90 Å². The Labute approximate surface area is 162 Å². The van der Waals surface area contributed by atoms with E-state index >= 15 is 0 Å². The molecule has 0 radical (unpaired) electrons. The number of hydrogen-bond donors (Lipinski definition) is 0. The van der Waals surface area contributed by atoms with Gasteiger partial charge in [-0.1, -0.05) is 11.8 Å². The van der Waals surface area contributed by atoms with Crippen molar-refractivity contribution in [1.29, 1.82) is 0 Å². The second-order valence-corrected chi connectivity index (χ2v) is 8.01. The molecular weight excluding hydrogens is 338 g/mol. The van der Waals surface area contributed by atoms with E-state index in [1.807, 2.05) is 0 Å². The first-order valence-corrected chi connectivity index (χ1v) is 10.3. The Balaban J connectivity index is 1.15. The first-order chi connectivity index (χ1) is 13.3. The van der Waals surface area contributed by atoms with Crippen LogP contribution in [0.2, 0.25) is 0 Å². The van der Waals surface area contributed by atoms with Gasteiger partial charge in [-0.2, -0.15) is 0 Å². The largest absolute Gasteiger partial charge is 0.365 e. The van der Waals surface area contributed by atoms with Gasteiger partial charge in [-0.15, -0.1) is 0 Å². The summed E-state index contributed by atoms with van der Waals surface area (Å²) < 4.78 is 5.99. The summed E-state index contributed by atoms with van der Waals surface area (Å²) in [5.41, 5.74) is 1.22. The van der Waals surface area contributed by atoms with Gasteiger partial charge in [0, 0.05) is 56.9 Å². The van der Waals surface area contributed by atoms with Crippen LogP contribution >= 0.6 is 0 Å². The van der Waals surface area contributed by atoms with E-state index < -0.39 is 0 Å². The van der Waals surface area contributed by atoms with E-state index in [1.54, 1.807) is 6.33 Å². The van der Waals surface area contributed by atoms with Crippen LogP contribution in [0, 0.1) is 11.8 Å². The standard InChI is InChI=1S/C21H31N5O/c1-24-11-13-25(14-12-24)8-2-3-15-27-19-6-9-26(10-7-19)21-16-20(18-4-5-18)22-17-23-21/h16-19H,4-15H2,1H3. The van der Waals surface area contributed by atoms with E-state index in [2.05, 4.69) is 49.6 Å². The Morgan fingerprint density at radius 1 is 1.00 bits per heavy atom. The molecule has 0 atom stereocenters. The third kappa shape index (κ3) is 5.41. The Hall–Kier alpha value is -1.68. The molecule has 2 aliphatic heterocycles. The number of aromatic nitrogens is 2. The summed E-state index contributed by atoms with van der Waals surface area (Å²) in [5, 5.41) is 0. The number of likely N-dealkylation sites (N-methyl/N-ethyl adjacent to an activating group) is 1. The first-order valence-electron chi connectivity index (χ1n) is 10.3. The van der Waals surface area contributed by atoms with Crippen LogP contribution in [-0.2, 0) is 4.74 Å². The normalized spacial score (nSPS) is 22.5. The number of nitrogens with zero attached hydrogens (tertiary/aromatic N) is 5. The number of rotatable bonds is 5. The van der Waals surface area contributed by atoms with E-state index in [0.717, 1.165) is 64.5 Å². The summed E-state index contributed by atoms with van der Waals surface area (Å²) in [6, 6.07) is 2.18. The van der Waals surface area contributed by atoms with Crippen molar-refractivity contribution in [2.75, 3.05) is 64.4 Å². The maximum absolute atomic E-state index is 5.99. The highest BCUT2D eigenvalue weighted by Crippen LogP contribution is 2.39. The van der Waals surface area contributed by atoms with Gasteiger partial charge < -0.3 is 14.5 Å². The van der Waals surface area contributed by atoms with E-state index in [1.165, 1.54) is 18.5 Å². The van der Waals surface area contributed by atoms with E-state index in [-0.39, 0.29) is 0 Å². The smallest absolute Gasteiger partial charge is 0.132 e. The predicted octanol–water partition coefficient (Wildman–Crippen LogP) is 1.59.